The normalized spacial score (nSPS) is 10.7. The van der Waals surface area contributed by atoms with E-state index in [0.29, 0.717) is 6.54 Å². The maximum Gasteiger partial charge on any atom is 0.323 e. The van der Waals surface area contributed by atoms with E-state index < -0.39 is 5.97 Å². The van der Waals surface area contributed by atoms with Gasteiger partial charge in [0.2, 0.25) is 0 Å². The second-order valence-corrected chi connectivity index (χ2v) is 5.28. The van der Waals surface area contributed by atoms with Gasteiger partial charge in [0.05, 0.1) is 7.11 Å². The first-order chi connectivity index (χ1) is 11.2. The molecule has 0 aliphatic heterocycles. The smallest absolute Gasteiger partial charge is 0.323 e. The monoisotopic (exact) mass is 310 g/mol. The molecule has 0 radical (unpaired) electrons. The van der Waals surface area contributed by atoms with E-state index in [0.717, 1.165) is 27.9 Å². The van der Waals surface area contributed by atoms with Crippen molar-refractivity contribution < 1.29 is 14.6 Å². The molecule has 0 saturated heterocycles. The lowest BCUT2D eigenvalue weighted by atomic mass is 10.1. The van der Waals surface area contributed by atoms with Gasteiger partial charge in [-0.2, -0.15) is 0 Å². The molecule has 1 aromatic heterocycles. The molecule has 1 heterocycles. The maximum absolute atomic E-state index is 11.0. The third kappa shape index (κ3) is 3.29. The average Bonchev–Trinajstić information content (AvgIpc) is 2.91. The molecule has 3 rings (SSSR count). The van der Waals surface area contributed by atoms with E-state index in [4.69, 9.17) is 9.84 Å². The van der Waals surface area contributed by atoms with Crippen LogP contribution in [0.4, 0.5) is 5.69 Å². The third-order valence-corrected chi connectivity index (χ3v) is 3.73. The highest BCUT2D eigenvalue weighted by Gasteiger charge is 2.10. The summed E-state index contributed by atoms with van der Waals surface area (Å²) in [7, 11) is 1.64. The zero-order valence-electron chi connectivity index (χ0n) is 12.8. The van der Waals surface area contributed by atoms with Crippen molar-refractivity contribution in [3.8, 4) is 5.75 Å². The Balaban J connectivity index is 1.86. The molecule has 2 N–H and O–H groups in total. The highest BCUT2D eigenvalue weighted by atomic mass is 16.5. The Hall–Kier alpha value is -2.95. The number of aromatic nitrogens is 1. The number of fused-ring (bicyclic) bond motifs is 1. The number of carboxylic acid groups (broad SMARTS) is 1. The van der Waals surface area contributed by atoms with Crippen molar-refractivity contribution in [2.75, 3.05) is 12.4 Å². The van der Waals surface area contributed by atoms with Crippen molar-refractivity contribution in [1.82, 2.24) is 4.57 Å². The molecule has 0 aliphatic carbocycles. The Kier molecular flexibility index (Phi) is 4.19. The van der Waals surface area contributed by atoms with E-state index in [1.54, 1.807) is 11.7 Å². The first-order valence-corrected chi connectivity index (χ1v) is 7.34. The number of nitrogens with zero attached hydrogens (tertiary/aromatic N) is 1. The second kappa shape index (κ2) is 6.44. The number of carbonyl (C=O) groups is 1. The van der Waals surface area contributed by atoms with E-state index in [1.165, 1.54) is 0 Å². The molecule has 2 aromatic carbocycles. The van der Waals surface area contributed by atoms with Crippen molar-refractivity contribution >= 4 is 22.6 Å². The zero-order chi connectivity index (χ0) is 16.2. The van der Waals surface area contributed by atoms with Crippen molar-refractivity contribution in [2.45, 2.75) is 13.1 Å². The number of hydrogen-bond donors (Lipinski definition) is 2. The van der Waals surface area contributed by atoms with E-state index in [9.17, 15) is 4.79 Å². The van der Waals surface area contributed by atoms with E-state index in [1.807, 2.05) is 54.7 Å². The van der Waals surface area contributed by atoms with Gasteiger partial charge in [-0.3, -0.25) is 4.79 Å². The summed E-state index contributed by atoms with van der Waals surface area (Å²) in [5.74, 6) is -0.0543. The van der Waals surface area contributed by atoms with Crippen LogP contribution in [0.15, 0.2) is 54.7 Å². The molecule has 0 spiro atoms. The van der Waals surface area contributed by atoms with Gasteiger partial charge < -0.3 is 19.7 Å². The van der Waals surface area contributed by atoms with Crippen LogP contribution in [0.1, 0.15) is 5.56 Å². The van der Waals surface area contributed by atoms with Gasteiger partial charge >= 0.3 is 5.97 Å². The van der Waals surface area contributed by atoms with E-state index in [2.05, 4.69) is 5.32 Å². The molecule has 0 bridgehead atoms. The van der Waals surface area contributed by atoms with Gasteiger partial charge in [0.25, 0.3) is 0 Å². The Labute approximate surface area is 134 Å². The van der Waals surface area contributed by atoms with Gasteiger partial charge in [-0.15, -0.1) is 0 Å². The minimum Gasteiger partial charge on any atom is -0.497 e. The zero-order valence-corrected chi connectivity index (χ0v) is 12.8. The fourth-order valence-corrected chi connectivity index (χ4v) is 2.67. The summed E-state index contributed by atoms with van der Waals surface area (Å²) in [5, 5.41) is 13.5. The number of aliphatic carboxylic acids is 1. The lowest BCUT2D eigenvalue weighted by Crippen LogP contribution is -2.07. The van der Waals surface area contributed by atoms with Crippen LogP contribution < -0.4 is 10.1 Å². The van der Waals surface area contributed by atoms with Crippen LogP contribution in [0.3, 0.4) is 0 Å². The predicted molar refractivity (Wildman–Crippen MR) is 89.9 cm³/mol. The number of ether oxygens (including phenoxy) is 1. The SMILES string of the molecule is COc1cccc(NCc2cn(CC(=O)O)c3ccccc23)c1. The summed E-state index contributed by atoms with van der Waals surface area (Å²) in [5.41, 5.74) is 2.95. The van der Waals surface area contributed by atoms with Crippen LogP contribution in [-0.4, -0.2) is 22.8 Å². The van der Waals surface area contributed by atoms with Gasteiger partial charge in [0.15, 0.2) is 0 Å². The highest BCUT2D eigenvalue weighted by Crippen LogP contribution is 2.23. The van der Waals surface area contributed by atoms with Crippen LogP contribution in [0.25, 0.3) is 10.9 Å². The number of nitrogens with one attached hydrogen (secondary N) is 1. The Bertz CT molecular complexity index is 839. The van der Waals surface area contributed by atoms with Crippen LogP contribution in [0, 0.1) is 0 Å². The Morgan fingerprint density at radius 1 is 1.22 bits per heavy atom. The molecule has 23 heavy (non-hydrogen) atoms. The number of rotatable bonds is 6. The number of benzene rings is 2. The van der Waals surface area contributed by atoms with Crippen LogP contribution in [0.5, 0.6) is 5.75 Å². The summed E-state index contributed by atoms with van der Waals surface area (Å²) in [6.45, 7) is 0.569. The molecule has 0 saturated carbocycles. The summed E-state index contributed by atoms with van der Waals surface area (Å²) in [6.07, 6.45) is 1.89. The van der Waals surface area contributed by atoms with Gasteiger partial charge in [-0.1, -0.05) is 24.3 Å². The molecular weight excluding hydrogens is 292 g/mol. The standard InChI is InChI=1S/C18H18N2O3/c1-23-15-6-4-5-14(9-15)19-10-13-11-20(12-18(21)22)17-8-3-2-7-16(13)17/h2-9,11,19H,10,12H2,1H3,(H,21,22). The topological polar surface area (TPSA) is 63.5 Å². The molecule has 5 heteroatoms. The first-order valence-electron chi connectivity index (χ1n) is 7.34. The van der Waals surface area contributed by atoms with Gasteiger partial charge in [0.1, 0.15) is 12.3 Å². The number of hydrogen-bond acceptors (Lipinski definition) is 3. The molecular formula is C18H18N2O3. The summed E-state index contributed by atoms with van der Waals surface area (Å²) in [4.78, 5) is 11.0. The maximum atomic E-state index is 11.0. The van der Waals surface area contributed by atoms with Crippen molar-refractivity contribution in [3.63, 3.8) is 0 Å². The largest absolute Gasteiger partial charge is 0.497 e. The second-order valence-electron chi connectivity index (χ2n) is 5.28. The predicted octanol–water partition coefficient (Wildman–Crippen LogP) is 3.35. The quantitative estimate of drug-likeness (QED) is 0.733. The molecule has 0 amide bonds. The van der Waals surface area contributed by atoms with Crippen LogP contribution >= 0.6 is 0 Å². The van der Waals surface area contributed by atoms with Crippen LogP contribution in [-0.2, 0) is 17.9 Å². The summed E-state index contributed by atoms with van der Waals surface area (Å²) < 4.78 is 6.98. The van der Waals surface area contributed by atoms with E-state index in [-0.39, 0.29) is 6.54 Å². The molecule has 0 aliphatic rings. The number of anilines is 1. The van der Waals surface area contributed by atoms with Gasteiger partial charge in [-0.05, 0) is 23.8 Å². The first kappa shape index (κ1) is 15.0. The fraction of sp³-hybridized carbons (Fsp3) is 0.167. The minimum atomic E-state index is -0.849. The molecule has 3 aromatic rings. The average molecular weight is 310 g/mol. The van der Waals surface area contributed by atoms with E-state index >= 15 is 0 Å². The summed E-state index contributed by atoms with van der Waals surface area (Å²) in [6, 6.07) is 15.5. The third-order valence-electron chi connectivity index (χ3n) is 3.73. The lowest BCUT2D eigenvalue weighted by Gasteiger charge is -2.07. The van der Waals surface area contributed by atoms with Gasteiger partial charge in [-0.25, -0.2) is 0 Å². The van der Waals surface area contributed by atoms with Crippen LogP contribution in [0.2, 0.25) is 0 Å². The molecule has 5 nitrogen and oxygen atoms in total. The number of carboxylic acids is 1. The number of methoxy groups -OCH3 is 1. The van der Waals surface area contributed by atoms with Crippen molar-refractivity contribution in [3.05, 3.63) is 60.3 Å². The van der Waals surface area contributed by atoms with Gasteiger partial charge in [0, 0.05) is 35.4 Å². The van der Waals surface area contributed by atoms with Crippen molar-refractivity contribution in [2.24, 2.45) is 0 Å². The Morgan fingerprint density at radius 2 is 2.04 bits per heavy atom. The highest BCUT2D eigenvalue weighted by molar-refractivity contribution is 5.85. The molecule has 118 valence electrons. The lowest BCUT2D eigenvalue weighted by molar-refractivity contribution is -0.137. The molecule has 0 unspecified atom stereocenters. The minimum absolute atomic E-state index is 0.0420. The molecule has 0 fully saturated rings. The summed E-state index contributed by atoms with van der Waals surface area (Å²) >= 11 is 0. The molecule has 0 atom stereocenters. The number of para-hydroxylation sites is 1. The fourth-order valence-electron chi connectivity index (χ4n) is 2.67. The van der Waals surface area contributed by atoms with Crippen molar-refractivity contribution in [1.29, 1.82) is 0 Å². The Morgan fingerprint density at radius 3 is 2.83 bits per heavy atom.